The molecule has 3 rings (SSSR count). The zero-order valence-corrected chi connectivity index (χ0v) is 17.7. The van der Waals surface area contributed by atoms with Gasteiger partial charge in [0.25, 0.3) is 5.91 Å². The van der Waals surface area contributed by atoms with Crippen molar-refractivity contribution in [1.29, 1.82) is 0 Å². The van der Waals surface area contributed by atoms with Crippen LogP contribution < -0.4 is 14.8 Å². The molecule has 5 nitrogen and oxygen atoms in total. The molecule has 0 aromatic heterocycles. The Morgan fingerprint density at radius 1 is 1.25 bits per heavy atom. The smallest absolute Gasteiger partial charge is 0.276 e. The lowest BCUT2D eigenvalue weighted by Gasteiger charge is -2.13. The van der Waals surface area contributed by atoms with Gasteiger partial charge in [0.15, 0.2) is 16.6 Å². The molecular formula is C20H18BrFN2O3S. The third-order valence-corrected chi connectivity index (χ3v) is 5.18. The number of hydrogen-bond donors (Lipinski definition) is 1. The van der Waals surface area contributed by atoms with E-state index in [2.05, 4.69) is 21.2 Å². The molecular weight excluding hydrogens is 447 g/mol. The van der Waals surface area contributed by atoms with E-state index < -0.39 is 0 Å². The van der Waals surface area contributed by atoms with E-state index in [4.69, 9.17) is 21.7 Å². The van der Waals surface area contributed by atoms with Crippen LogP contribution in [0, 0.1) is 5.82 Å². The number of halogens is 2. The molecule has 0 saturated carbocycles. The molecule has 1 N–H and O–H groups in total. The van der Waals surface area contributed by atoms with E-state index in [-0.39, 0.29) is 18.3 Å². The predicted molar refractivity (Wildman–Crippen MR) is 113 cm³/mol. The van der Waals surface area contributed by atoms with Gasteiger partial charge in [-0.05, 0) is 60.6 Å². The monoisotopic (exact) mass is 464 g/mol. The number of nitrogens with one attached hydrogen (secondary N) is 1. The van der Waals surface area contributed by atoms with E-state index in [1.807, 2.05) is 6.92 Å². The van der Waals surface area contributed by atoms with Crippen molar-refractivity contribution >= 4 is 45.2 Å². The zero-order valence-electron chi connectivity index (χ0n) is 15.3. The Labute approximate surface area is 176 Å². The fourth-order valence-corrected chi connectivity index (χ4v) is 3.45. The number of rotatable bonds is 6. The number of carbonyl (C=O) groups is 1. The van der Waals surface area contributed by atoms with Gasteiger partial charge in [0, 0.05) is 11.0 Å². The number of hydrogen-bond acceptors (Lipinski definition) is 4. The van der Waals surface area contributed by atoms with Crippen LogP contribution in [0.4, 0.5) is 4.39 Å². The number of benzene rings is 2. The van der Waals surface area contributed by atoms with Crippen LogP contribution >= 0.6 is 28.1 Å². The summed E-state index contributed by atoms with van der Waals surface area (Å²) < 4.78 is 25.0. The Kier molecular flexibility index (Phi) is 6.31. The molecule has 1 aliphatic rings. The molecule has 0 unspecified atom stereocenters. The first-order valence-corrected chi connectivity index (χ1v) is 9.72. The van der Waals surface area contributed by atoms with Gasteiger partial charge in [-0.3, -0.25) is 9.69 Å². The molecule has 146 valence electrons. The molecule has 1 aliphatic heterocycles. The van der Waals surface area contributed by atoms with Gasteiger partial charge in [0.1, 0.15) is 18.1 Å². The zero-order chi connectivity index (χ0) is 20.3. The maximum atomic E-state index is 13.0. The van der Waals surface area contributed by atoms with Crippen molar-refractivity contribution in [3.05, 3.63) is 63.5 Å². The number of thiocarbonyl (C=S) groups is 1. The van der Waals surface area contributed by atoms with Crippen LogP contribution in [-0.4, -0.2) is 29.6 Å². The summed E-state index contributed by atoms with van der Waals surface area (Å²) in [5, 5.41) is 3.32. The standard InChI is InChI=1S/C20H18BrFN2O3S/c1-3-24-19(25)16(23-20(24)28)8-13-9-17(26-2)18(10-15(13)21)27-11-12-4-6-14(22)7-5-12/h4-10H,3,11H2,1-2H3,(H,23,28). The summed E-state index contributed by atoms with van der Waals surface area (Å²) in [5.41, 5.74) is 1.97. The van der Waals surface area contributed by atoms with E-state index in [1.54, 1.807) is 30.3 Å². The van der Waals surface area contributed by atoms with E-state index in [1.165, 1.54) is 24.1 Å². The Morgan fingerprint density at radius 3 is 2.57 bits per heavy atom. The first-order valence-electron chi connectivity index (χ1n) is 8.52. The fourth-order valence-electron chi connectivity index (χ4n) is 2.69. The van der Waals surface area contributed by atoms with Gasteiger partial charge < -0.3 is 14.8 Å². The second kappa shape index (κ2) is 8.70. The summed E-state index contributed by atoms with van der Waals surface area (Å²) in [4.78, 5) is 13.9. The summed E-state index contributed by atoms with van der Waals surface area (Å²) in [7, 11) is 1.54. The number of methoxy groups -OCH3 is 1. The van der Waals surface area contributed by atoms with Crippen LogP contribution in [0.15, 0.2) is 46.6 Å². The van der Waals surface area contributed by atoms with E-state index in [9.17, 15) is 9.18 Å². The summed E-state index contributed by atoms with van der Waals surface area (Å²) in [6.07, 6.45) is 1.71. The maximum Gasteiger partial charge on any atom is 0.276 e. The van der Waals surface area contributed by atoms with Crippen LogP contribution in [0.2, 0.25) is 0 Å². The topological polar surface area (TPSA) is 50.8 Å². The van der Waals surface area contributed by atoms with Crippen LogP contribution in [0.1, 0.15) is 18.1 Å². The summed E-state index contributed by atoms with van der Waals surface area (Å²) in [6, 6.07) is 9.63. The van der Waals surface area contributed by atoms with Crippen molar-refractivity contribution < 1.29 is 18.7 Å². The maximum absolute atomic E-state index is 13.0. The molecule has 0 atom stereocenters. The predicted octanol–water partition coefficient (Wildman–Crippen LogP) is 4.25. The minimum atomic E-state index is -0.294. The van der Waals surface area contributed by atoms with E-state index in [0.717, 1.165) is 15.6 Å². The molecule has 1 heterocycles. The highest BCUT2D eigenvalue weighted by Gasteiger charge is 2.29. The highest BCUT2D eigenvalue weighted by atomic mass is 79.9. The fraction of sp³-hybridized carbons (Fsp3) is 0.200. The van der Waals surface area contributed by atoms with Crippen LogP contribution in [0.3, 0.4) is 0 Å². The van der Waals surface area contributed by atoms with Crippen LogP contribution in [0.5, 0.6) is 11.5 Å². The van der Waals surface area contributed by atoms with Crippen molar-refractivity contribution in [3.63, 3.8) is 0 Å². The van der Waals surface area contributed by atoms with Crippen molar-refractivity contribution in [2.75, 3.05) is 13.7 Å². The second-order valence-electron chi connectivity index (χ2n) is 5.98. The third-order valence-electron chi connectivity index (χ3n) is 4.17. The van der Waals surface area contributed by atoms with Gasteiger partial charge in [0.2, 0.25) is 0 Å². The van der Waals surface area contributed by atoms with E-state index >= 15 is 0 Å². The van der Waals surface area contributed by atoms with Gasteiger partial charge >= 0.3 is 0 Å². The SMILES string of the molecule is CCN1C(=O)C(=Cc2cc(OC)c(OCc3ccc(F)cc3)cc2Br)NC1=S. The molecule has 28 heavy (non-hydrogen) atoms. The summed E-state index contributed by atoms with van der Waals surface area (Å²) in [5.74, 6) is 0.572. The quantitative estimate of drug-likeness (QED) is 0.511. The molecule has 0 bridgehead atoms. The first kappa shape index (κ1) is 20.3. The molecule has 2 aromatic carbocycles. The van der Waals surface area contributed by atoms with Crippen molar-refractivity contribution in [2.24, 2.45) is 0 Å². The lowest BCUT2D eigenvalue weighted by molar-refractivity contribution is -0.122. The summed E-state index contributed by atoms with van der Waals surface area (Å²) >= 11 is 8.68. The van der Waals surface area contributed by atoms with Crippen molar-refractivity contribution in [3.8, 4) is 11.5 Å². The molecule has 0 spiro atoms. The van der Waals surface area contributed by atoms with Crippen LogP contribution in [-0.2, 0) is 11.4 Å². The Morgan fingerprint density at radius 2 is 1.96 bits per heavy atom. The Bertz CT molecular complexity index is 947. The number of ether oxygens (including phenoxy) is 2. The van der Waals surface area contributed by atoms with Gasteiger partial charge in [-0.1, -0.05) is 28.1 Å². The average Bonchev–Trinajstić information content (AvgIpc) is 2.95. The average molecular weight is 465 g/mol. The number of nitrogens with zero attached hydrogens (tertiary/aromatic N) is 1. The molecule has 1 amide bonds. The molecule has 0 aliphatic carbocycles. The van der Waals surface area contributed by atoms with Gasteiger partial charge in [0.05, 0.1) is 7.11 Å². The van der Waals surface area contributed by atoms with Gasteiger partial charge in [-0.15, -0.1) is 0 Å². The number of amides is 1. The first-order chi connectivity index (χ1) is 13.4. The second-order valence-corrected chi connectivity index (χ2v) is 7.22. The molecule has 2 aromatic rings. The minimum Gasteiger partial charge on any atom is -0.493 e. The summed E-state index contributed by atoms with van der Waals surface area (Å²) in [6.45, 7) is 2.63. The molecule has 1 saturated heterocycles. The lowest BCUT2D eigenvalue weighted by Crippen LogP contribution is -2.30. The minimum absolute atomic E-state index is 0.171. The highest BCUT2D eigenvalue weighted by molar-refractivity contribution is 9.10. The van der Waals surface area contributed by atoms with Crippen LogP contribution in [0.25, 0.3) is 6.08 Å². The van der Waals surface area contributed by atoms with Gasteiger partial charge in [-0.25, -0.2) is 4.39 Å². The highest BCUT2D eigenvalue weighted by Crippen LogP contribution is 2.35. The number of carbonyl (C=O) groups excluding carboxylic acids is 1. The normalized spacial score (nSPS) is 15.1. The molecule has 1 fully saturated rings. The van der Waals surface area contributed by atoms with Crippen molar-refractivity contribution in [1.82, 2.24) is 10.2 Å². The number of likely N-dealkylation sites (N-methyl/N-ethyl adjacent to an activating group) is 1. The Balaban J connectivity index is 1.83. The molecule has 0 radical (unpaired) electrons. The molecule has 8 heteroatoms. The lowest BCUT2D eigenvalue weighted by atomic mass is 10.1. The third kappa shape index (κ3) is 4.34. The van der Waals surface area contributed by atoms with Gasteiger partial charge in [-0.2, -0.15) is 0 Å². The largest absolute Gasteiger partial charge is 0.493 e. The van der Waals surface area contributed by atoms with Crippen molar-refractivity contribution in [2.45, 2.75) is 13.5 Å². The Hall–Kier alpha value is -2.45. The van der Waals surface area contributed by atoms with E-state index in [0.29, 0.717) is 28.9 Å².